The Morgan fingerprint density at radius 2 is 1.38 bits per heavy atom. The molecule has 0 aliphatic carbocycles. The van der Waals surface area contributed by atoms with Crippen molar-refractivity contribution in [2.45, 2.75) is 57.7 Å². The Morgan fingerprint density at radius 1 is 0.786 bits per heavy atom. The summed E-state index contributed by atoms with van der Waals surface area (Å²) in [6.07, 6.45) is 8.38. The first-order valence-corrected chi connectivity index (χ1v) is 19.4. The van der Waals surface area contributed by atoms with Crippen molar-refractivity contribution in [1.82, 2.24) is 35.1 Å². The highest BCUT2D eigenvalue weighted by Gasteiger charge is 2.37. The molecule has 4 heterocycles. The standard InChI is InChI=1S/C45H47N7O4/c1-28(2)41(50-45(54)55)44(53)52-22-8-12-39(52)43-47-26-37(49-43)35-20-19-33-23-32(17-18-34(33)24-35)29-13-15-30(16-14-29)36-25-46-42(48-36)38-11-7-21-51(38)27-40(56-3)31-9-5-4-6-10-31/h4-6,9-10,13-20,23-28,38-39,41,50H,7-8,11-12,21-22H2,1-3H3,(H,46,48)(H,47,49)(H,54,55). The number of hydrogen-bond donors (Lipinski definition) is 4. The van der Waals surface area contributed by atoms with Gasteiger partial charge in [-0.2, -0.15) is 0 Å². The van der Waals surface area contributed by atoms with Crippen molar-refractivity contribution in [3.05, 3.63) is 127 Å². The number of aromatic amines is 2. The lowest BCUT2D eigenvalue weighted by atomic mass is 9.98. The second kappa shape index (κ2) is 15.8. The number of H-pyrrole nitrogens is 2. The van der Waals surface area contributed by atoms with E-state index in [1.807, 2.05) is 44.4 Å². The number of methoxy groups -OCH3 is 1. The van der Waals surface area contributed by atoms with E-state index >= 15 is 0 Å². The highest BCUT2D eigenvalue weighted by atomic mass is 16.5. The largest absolute Gasteiger partial charge is 0.495 e. The molecule has 8 rings (SSSR count). The van der Waals surface area contributed by atoms with E-state index in [4.69, 9.17) is 9.72 Å². The molecule has 2 aliphatic rings. The van der Waals surface area contributed by atoms with Gasteiger partial charge >= 0.3 is 6.09 Å². The Hall–Kier alpha value is -6.36. The Labute approximate surface area is 326 Å². The molecule has 2 fully saturated rings. The van der Waals surface area contributed by atoms with Crippen LogP contribution in [0.2, 0.25) is 0 Å². The fourth-order valence-corrected chi connectivity index (χ4v) is 8.12. The maximum atomic E-state index is 13.4. The van der Waals surface area contributed by atoms with Crippen LogP contribution in [0.25, 0.3) is 50.2 Å². The van der Waals surface area contributed by atoms with Crippen molar-refractivity contribution in [3.63, 3.8) is 0 Å². The minimum Gasteiger partial charge on any atom is -0.495 e. The number of carboxylic acid groups (broad SMARTS) is 1. The quantitative estimate of drug-likeness (QED) is 0.0970. The number of rotatable bonds is 11. The summed E-state index contributed by atoms with van der Waals surface area (Å²) in [4.78, 5) is 45.5. The number of nitrogens with zero attached hydrogens (tertiary/aromatic N) is 4. The van der Waals surface area contributed by atoms with Gasteiger partial charge in [-0.15, -0.1) is 0 Å². The van der Waals surface area contributed by atoms with E-state index in [0.717, 1.165) is 93.8 Å². The van der Waals surface area contributed by atoms with Crippen LogP contribution in [0.1, 0.15) is 68.8 Å². The molecular formula is C45H47N7O4. The lowest BCUT2D eigenvalue weighted by Gasteiger charge is -2.29. The monoisotopic (exact) mass is 749 g/mol. The smallest absolute Gasteiger partial charge is 0.405 e. The fraction of sp³-hybridized carbons (Fsp3) is 0.289. The van der Waals surface area contributed by atoms with Crippen LogP contribution in [-0.4, -0.2) is 73.1 Å². The third kappa shape index (κ3) is 7.49. The Kier molecular flexibility index (Phi) is 10.3. The van der Waals surface area contributed by atoms with Crippen molar-refractivity contribution < 1.29 is 19.4 Å². The van der Waals surface area contributed by atoms with Crippen LogP contribution in [0.15, 0.2) is 110 Å². The molecule has 11 heteroatoms. The van der Waals surface area contributed by atoms with Gasteiger partial charge in [0.2, 0.25) is 5.91 Å². The molecule has 0 bridgehead atoms. The molecule has 286 valence electrons. The van der Waals surface area contributed by atoms with Gasteiger partial charge in [0.05, 0.1) is 43.0 Å². The van der Waals surface area contributed by atoms with E-state index in [2.05, 4.69) is 104 Å². The number of benzene rings is 4. The molecule has 2 saturated heterocycles. The van der Waals surface area contributed by atoms with E-state index in [0.29, 0.717) is 12.4 Å². The highest BCUT2D eigenvalue weighted by Crippen LogP contribution is 2.36. The van der Waals surface area contributed by atoms with Crippen LogP contribution in [0.5, 0.6) is 0 Å². The van der Waals surface area contributed by atoms with Crippen LogP contribution in [0.3, 0.4) is 0 Å². The molecule has 4 aromatic carbocycles. The second-order valence-electron chi connectivity index (χ2n) is 15.0. The van der Waals surface area contributed by atoms with Crippen molar-refractivity contribution in [1.29, 1.82) is 0 Å². The van der Waals surface area contributed by atoms with Crippen LogP contribution in [0, 0.1) is 5.92 Å². The van der Waals surface area contributed by atoms with Crippen molar-refractivity contribution >= 4 is 28.5 Å². The average molecular weight is 750 g/mol. The Morgan fingerprint density at radius 3 is 2.05 bits per heavy atom. The van der Waals surface area contributed by atoms with Gasteiger partial charge in [0, 0.05) is 30.4 Å². The zero-order valence-corrected chi connectivity index (χ0v) is 31.9. The van der Waals surface area contributed by atoms with Gasteiger partial charge in [-0.05, 0) is 71.2 Å². The normalized spacial score (nSPS) is 17.8. The van der Waals surface area contributed by atoms with E-state index in [1.165, 1.54) is 0 Å². The third-order valence-electron chi connectivity index (χ3n) is 11.1. The van der Waals surface area contributed by atoms with Gasteiger partial charge in [-0.3, -0.25) is 4.79 Å². The summed E-state index contributed by atoms with van der Waals surface area (Å²) in [6, 6.07) is 30.8. The third-order valence-corrected chi connectivity index (χ3v) is 11.1. The van der Waals surface area contributed by atoms with Crippen LogP contribution in [0.4, 0.5) is 4.79 Å². The highest BCUT2D eigenvalue weighted by molar-refractivity contribution is 5.91. The number of amides is 2. The van der Waals surface area contributed by atoms with Crippen molar-refractivity contribution in [3.8, 4) is 33.6 Å². The molecule has 2 aliphatic heterocycles. The lowest BCUT2D eigenvalue weighted by Crippen LogP contribution is -2.50. The Balaban J connectivity index is 0.949. The summed E-state index contributed by atoms with van der Waals surface area (Å²) in [5.74, 6) is 2.13. The maximum Gasteiger partial charge on any atom is 0.405 e. The first-order chi connectivity index (χ1) is 27.2. The number of carbonyl (C=O) groups is 2. The summed E-state index contributed by atoms with van der Waals surface area (Å²) in [7, 11) is 1.72. The van der Waals surface area contributed by atoms with Gasteiger partial charge in [0.25, 0.3) is 0 Å². The zero-order valence-electron chi connectivity index (χ0n) is 31.9. The van der Waals surface area contributed by atoms with Gasteiger partial charge in [-0.25, -0.2) is 14.8 Å². The molecule has 6 aromatic rings. The van der Waals surface area contributed by atoms with Crippen LogP contribution in [-0.2, 0) is 9.53 Å². The molecule has 2 amide bonds. The molecule has 0 saturated carbocycles. The molecular weight excluding hydrogens is 703 g/mol. The average Bonchev–Trinajstić information content (AvgIpc) is 4.06. The molecule has 2 aromatic heterocycles. The van der Waals surface area contributed by atoms with E-state index in [-0.39, 0.29) is 23.9 Å². The number of imidazole rings is 2. The van der Waals surface area contributed by atoms with Crippen molar-refractivity contribution in [2.24, 2.45) is 5.92 Å². The van der Waals surface area contributed by atoms with E-state index in [9.17, 15) is 14.7 Å². The Bertz CT molecular complexity index is 2370. The predicted octanol–water partition coefficient (Wildman–Crippen LogP) is 9.02. The molecule has 0 spiro atoms. The SMILES string of the molecule is COC(=CN1CCCC1c1ncc(-c2ccc(-c3ccc4cc(-c5cnc(C6CCCN6C(=O)C(NC(=O)O)C(C)C)[nH]5)ccc4c3)cc2)[nH]1)c1ccccc1. The van der Waals surface area contributed by atoms with E-state index in [1.54, 1.807) is 12.0 Å². The fourth-order valence-electron chi connectivity index (χ4n) is 8.12. The summed E-state index contributed by atoms with van der Waals surface area (Å²) < 4.78 is 5.76. The molecule has 4 N–H and O–H groups in total. The van der Waals surface area contributed by atoms with E-state index < -0.39 is 12.1 Å². The molecule has 3 unspecified atom stereocenters. The minimum atomic E-state index is -1.20. The number of fused-ring (bicyclic) bond motifs is 1. The molecule has 0 radical (unpaired) electrons. The number of likely N-dealkylation sites (tertiary alicyclic amines) is 2. The summed E-state index contributed by atoms with van der Waals surface area (Å²) in [5.41, 5.74) is 7.27. The van der Waals surface area contributed by atoms with Crippen LogP contribution < -0.4 is 5.32 Å². The summed E-state index contributed by atoms with van der Waals surface area (Å²) >= 11 is 0. The molecule has 56 heavy (non-hydrogen) atoms. The number of hydrogen-bond acceptors (Lipinski definition) is 6. The predicted molar refractivity (Wildman–Crippen MR) is 218 cm³/mol. The first-order valence-electron chi connectivity index (χ1n) is 19.4. The minimum absolute atomic E-state index is 0.158. The van der Waals surface area contributed by atoms with Gasteiger partial charge in [0.1, 0.15) is 23.4 Å². The summed E-state index contributed by atoms with van der Waals surface area (Å²) in [5, 5.41) is 14.0. The van der Waals surface area contributed by atoms with Crippen molar-refractivity contribution in [2.75, 3.05) is 20.2 Å². The molecule has 3 atom stereocenters. The first kappa shape index (κ1) is 36.6. The van der Waals surface area contributed by atoms with Crippen LogP contribution >= 0.6 is 0 Å². The maximum absolute atomic E-state index is 13.4. The zero-order chi connectivity index (χ0) is 38.8. The molecule has 11 nitrogen and oxygen atoms in total. The summed E-state index contributed by atoms with van der Waals surface area (Å²) in [6.45, 7) is 5.21. The van der Waals surface area contributed by atoms with Gasteiger partial charge in [-0.1, -0.05) is 92.7 Å². The van der Waals surface area contributed by atoms with Gasteiger partial charge in [0.15, 0.2) is 0 Å². The second-order valence-corrected chi connectivity index (χ2v) is 15.0. The number of aromatic nitrogens is 4. The number of ether oxygens (including phenoxy) is 1. The lowest BCUT2D eigenvalue weighted by molar-refractivity contribution is -0.135. The number of nitrogens with one attached hydrogen (secondary N) is 3. The van der Waals surface area contributed by atoms with Gasteiger partial charge < -0.3 is 34.9 Å². The number of carbonyl (C=O) groups excluding carboxylic acids is 1. The topological polar surface area (TPSA) is 139 Å².